The second kappa shape index (κ2) is 6.52. The molecular formula is C17H19BrN2OS. The molecule has 3 rings (SSSR count). The Labute approximate surface area is 145 Å². The number of hydrogen-bond donors (Lipinski definition) is 0. The predicted molar refractivity (Wildman–Crippen MR) is 97.0 cm³/mol. The number of morpholine rings is 1. The summed E-state index contributed by atoms with van der Waals surface area (Å²) < 4.78 is 8.76. The zero-order chi connectivity index (χ0) is 15.7. The van der Waals surface area contributed by atoms with Gasteiger partial charge < -0.3 is 14.2 Å². The average molecular weight is 379 g/mol. The molecule has 5 heteroatoms. The highest BCUT2D eigenvalue weighted by molar-refractivity contribution is 9.10. The van der Waals surface area contributed by atoms with Crippen molar-refractivity contribution in [1.29, 1.82) is 0 Å². The average Bonchev–Trinajstić information content (AvgIpc) is 2.83. The fourth-order valence-corrected chi connectivity index (χ4v) is 3.56. The topological polar surface area (TPSA) is 17.4 Å². The Balaban J connectivity index is 1.95. The minimum Gasteiger partial charge on any atom is -0.378 e. The summed E-state index contributed by atoms with van der Waals surface area (Å²) in [6, 6.07) is 10.6. The summed E-state index contributed by atoms with van der Waals surface area (Å²) in [6.07, 6.45) is 0. The summed E-state index contributed by atoms with van der Waals surface area (Å²) in [4.78, 5) is 3.17. The standard InChI is InChI=1S/C17H19BrN2OS/c1-12-11-16(17(22)19-7-9-21-10-8-19)13(2)20(12)15-5-3-14(18)4-6-15/h3-6,11H,7-10H2,1-2H3. The Morgan fingerprint density at radius 3 is 2.41 bits per heavy atom. The lowest BCUT2D eigenvalue weighted by molar-refractivity contribution is 0.0692. The van der Waals surface area contributed by atoms with Crippen LogP contribution in [0.5, 0.6) is 0 Å². The lowest BCUT2D eigenvalue weighted by Gasteiger charge is -2.29. The maximum absolute atomic E-state index is 5.72. The Hall–Kier alpha value is -1.17. The Morgan fingerprint density at radius 2 is 1.77 bits per heavy atom. The van der Waals surface area contributed by atoms with Crippen molar-refractivity contribution in [2.45, 2.75) is 13.8 Å². The zero-order valence-corrected chi connectivity index (χ0v) is 15.2. The minimum absolute atomic E-state index is 0.756. The van der Waals surface area contributed by atoms with Crippen LogP contribution in [0.25, 0.3) is 5.69 Å². The molecule has 22 heavy (non-hydrogen) atoms. The van der Waals surface area contributed by atoms with E-state index < -0.39 is 0 Å². The number of nitrogens with zero attached hydrogens (tertiary/aromatic N) is 2. The van der Waals surface area contributed by atoms with Gasteiger partial charge in [0.25, 0.3) is 0 Å². The molecule has 116 valence electrons. The summed E-state index contributed by atoms with van der Waals surface area (Å²) in [7, 11) is 0. The molecule has 1 aliphatic heterocycles. The van der Waals surface area contributed by atoms with Crippen LogP contribution in [-0.4, -0.2) is 40.8 Å². The Kier molecular flexibility index (Phi) is 4.66. The number of thiocarbonyl (C=S) groups is 1. The quantitative estimate of drug-likeness (QED) is 0.738. The fraction of sp³-hybridized carbons (Fsp3) is 0.353. The van der Waals surface area contributed by atoms with E-state index in [1.54, 1.807) is 0 Å². The molecule has 0 radical (unpaired) electrons. The molecule has 0 atom stereocenters. The van der Waals surface area contributed by atoms with Gasteiger partial charge in [0, 0.05) is 40.2 Å². The first-order chi connectivity index (χ1) is 10.6. The van der Waals surface area contributed by atoms with Crippen molar-refractivity contribution in [3.63, 3.8) is 0 Å². The largest absolute Gasteiger partial charge is 0.378 e. The van der Waals surface area contributed by atoms with Crippen molar-refractivity contribution in [3.05, 3.63) is 51.8 Å². The van der Waals surface area contributed by atoms with E-state index in [9.17, 15) is 0 Å². The van der Waals surface area contributed by atoms with Crippen LogP contribution in [0.15, 0.2) is 34.8 Å². The maximum Gasteiger partial charge on any atom is 0.111 e. The molecule has 1 saturated heterocycles. The number of rotatable bonds is 2. The van der Waals surface area contributed by atoms with Gasteiger partial charge in [-0.15, -0.1) is 0 Å². The van der Waals surface area contributed by atoms with Crippen LogP contribution in [0, 0.1) is 13.8 Å². The van der Waals surface area contributed by atoms with E-state index in [2.05, 4.69) is 69.6 Å². The van der Waals surface area contributed by atoms with Gasteiger partial charge in [0.2, 0.25) is 0 Å². The number of halogens is 1. The fourth-order valence-electron chi connectivity index (χ4n) is 2.90. The highest BCUT2D eigenvalue weighted by atomic mass is 79.9. The van der Waals surface area contributed by atoms with Crippen molar-refractivity contribution < 1.29 is 4.74 Å². The number of benzene rings is 1. The summed E-state index contributed by atoms with van der Waals surface area (Å²) in [5, 5.41) is 0. The van der Waals surface area contributed by atoms with E-state index in [1.807, 2.05) is 0 Å². The molecule has 0 aliphatic carbocycles. The summed E-state index contributed by atoms with van der Waals surface area (Å²) in [5.41, 5.74) is 4.70. The first-order valence-corrected chi connectivity index (χ1v) is 8.60. The van der Waals surface area contributed by atoms with Crippen LogP contribution < -0.4 is 0 Å². The molecule has 2 heterocycles. The van der Waals surface area contributed by atoms with Gasteiger partial charge in [-0.25, -0.2) is 0 Å². The number of aryl methyl sites for hydroxylation is 1. The van der Waals surface area contributed by atoms with Gasteiger partial charge in [-0.1, -0.05) is 28.1 Å². The van der Waals surface area contributed by atoms with Crippen LogP contribution in [0.1, 0.15) is 17.0 Å². The van der Waals surface area contributed by atoms with E-state index in [4.69, 9.17) is 17.0 Å². The SMILES string of the molecule is Cc1cc(C(=S)N2CCOCC2)c(C)n1-c1ccc(Br)cc1. The summed E-state index contributed by atoms with van der Waals surface area (Å²) in [6.45, 7) is 7.52. The molecule has 3 nitrogen and oxygen atoms in total. The highest BCUT2D eigenvalue weighted by Gasteiger charge is 2.20. The molecule has 0 N–H and O–H groups in total. The van der Waals surface area contributed by atoms with Gasteiger partial charge in [-0.05, 0) is 44.2 Å². The molecule has 2 aromatic rings. The second-order valence-electron chi connectivity index (χ2n) is 5.50. The van der Waals surface area contributed by atoms with E-state index >= 15 is 0 Å². The van der Waals surface area contributed by atoms with Crippen LogP contribution in [0.4, 0.5) is 0 Å². The molecule has 0 unspecified atom stereocenters. The molecule has 1 aromatic heterocycles. The van der Waals surface area contributed by atoms with Crippen molar-refractivity contribution in [2.24, 2.45) is 0 Å². The summed E-state index contributed by atoms with van der Waals surface area (Å²) in [5.74, 6) is 0. The zero-order valence-electron chi connectivity index (χ0n) is 12.8. The van der Waals surface area contributed by atoms with Gasteiger partial charge in [-0.2, -0.15) is 0 Å². The third kappa shape index (κ3) is 2.98. The van der Waals surface area contributed by atoms with E-state index in [-0.39, 0.29) is 0 Å². The van der Waals surface area contributed by atoms with Crippen molar-refractivity contribution in [2.75, 3.05) is 26.3 Å². The molecule has 1 aromatic carbocycles. The number of ether oxygens (including phenoxy) is 1. The third-order valence-electron chi connectivity index (χ3n) is 4.04. The lowest BCUT2D eigenvalue weighted by atomic mass is 10.2. The van der Waals surface area contributed by atoms with Crippen LogP contribution >= 0.6 is 28.1 Å². The molecule has 0 amide bonds. The van der Waals surface area contributed by atoms with E-state index in [0.29, 0.717) is 0 Å². The molecule has 0 spiro atoms. The van der Waals surface area contributed by atoms with Gasteiger partial charge in [0.05, 0.1) is 13.2 Å². The van der Waals surface area contributed by atoms with Crippen LogP contribution in [0.3, 0.4) is 0 Å². The molecule has 1 aliphatic rings. The van der Waals surface area contributed by atoms with E-state index in [0.717, 1.165) is 47.0 Å². The molecule has 0 bridgehead atoms. The van der Waals surface area contributed by atoms with Crippen LogP contribution in [0.2, 0.25) is 0 Å². The van der Waals surface area contributed by atoms with Gasteiger partial charge in [0.15, 0.2) is 0 Å². The van der Waals surface area contributed by atoms with Crippen LogP contribution in [-0.2, 0) is 4.74 Å². The molecule has 1 fully saturated rings. The second-order valence-corrected chi connectivity index (χ2v) is 6.80. The van der Waals surface area contributed by atoms with E-state index in [1.165, 1.54) is 11.4 Å². The molecular weight excluding hydrogens is 360 g/mol. The first kappa shape index (κ1) is 15.7. The number of hydrogen-bond acceptors (Lipinski definition) is 2. The normalized spacial score (nSPS) is 15.1. The van der Waals surface area contributed by atoms with Crippen molar-refractivity contribution >= 4 is 33.1 Å². The van der Waals surface area contributed by atoms with Crippen molar-refractivity contribution in [1.82, 2.24) is 9.47 Å². The highest BCUT2D eigenvalue weighted by Crippen LogP contribution is 2.24. The number of aromatic nitrogens is 1. The van der Waals surface area contributed by atoms with Gasteiger partial charge >= 0.3 is 0 Å². The third-order valence-corrected chi connectivity index (χ3v) is 5.05. The Morgan fingerprint density at radius 1 is 1.14 bits per heavy atom. The first-order valence-electron chi connectivity index (χ1n) is 7.40. The van der Waals surface area contributed by atoms with Crippen molar-refractivity contribution in [3.8, 4) is 5.69 Å². The van der Waals surface area contributed by atoms with Gasteiger partial charge in [0.1, 0.15) is 4.99 Å². The molecule has 0 saturated carbocycles. The summed E-state index contributed by atoms with van der Waals surface area (Å²) >= 11 is 9.21. The minimum atomic E-state index is 0.756. The predicted octanol–water partition coefficient (Wildman–Crippen LogP) is 3.86. The smallest absolute Gasteiger partial charge is 0.111 e. The lowest BCUT2D eigenvalue weighted by Crippen LogP contribution is -2.40. The monoisotopic (exact) mass is 378 g/mol. The Bertz CT molecular complexity index is 687. The maximum atomic E-state index is 5.72. The van der Waals surface area contributed by atoms with Gasteiger partial charge in [-0.3, -0.25) is 0 Å².